The van der Waals surface area contributed by atoms with Gasteiger partial charge in [-0.2, -0.15) is 0 Å². The molecule has 0 aliphatic carbocycles. The van der Waals surface area contributed by atoms with Crippen LogP contribution in [0, 0.1) is 0 Å². The molecular formula is C19H15N3O3. The van der Waals surface area contributed by atoms with Crippen molar-refractivity contribution in [2.24, 2.45) is 0 Å². The average molecular weight is 333 g/mol. The molecule has 0 unspecified atom stereocenters. The molecular weight excluding hydrogens is 318 g/mol. The van der Waals surface area contributed by atoms with Gasteiger partial charge in [0, 0.05) is 5.56 Å². The second-order valence-electron chi connectivity index (χ2n) is 5.62. The molecule has 1 aromatic heterocycles. The van der Waals surface area contributed by atoms with Crippen molar-refractivity contribution in [3.8, 4) is 17.0 Å². The summed E-state index contributed by atoms with van der Waals surface area (Å²) in [5.41, 5.74) is 2.62. The number of aromatic nitrogens is 2. The first-order valence-corrected chi connectivity index (χ1v) is 7.91. The fourth-order valence-corrected chi connectivity index (χ4v) is 2.91. The topological polar surface area (TPSA) is 75.3 Å². The first-order chi connectivity index (χ1) is 12.3. The van der Waals surface area contributed by atoms with Crippen LogP contribution in [0.15, 0.2) is 61.1 Å². The molecule has 1 aliphatic heterocycles. The molecule has 2 aromatic carbocycles. The number of benzene rings is 2. The number of rotatable bonds is 5. The summed E-state index contributed by atoms with van der Waals surface area (Å²) in [4.78, 5) is 33.0. The third-order valence-corrected chi connectivity index (χ3v) is 4.13. The molecule has 2 heterocycles. The molecule has 0 atom stereocenters. The van der Waals surface area contributed by atoms with Gasteiger partial charge in [0.15, 0.2) is 0 Å². The second-order valence-corrected chi connectivity index (χ2v) is 5.62. The predicted molar refractivity (Wildman–Crippen MR) is 91.3 cm³/mol. The van der Waals surface area contributed by atoms with E-state index < -0.39 is 0 Å². The van der Waals surface area contributed by atoms with Gasteiger partial charge in [0.2, 0.25) is 0 Å². The van der Waals surface area contributed by atoms with Crippen LogP contribution in [0.25, 0.3) is 11.3 Å². The maximum absolute atomic E-state index is 12.3. The van der Waals surface area contributed by atoms with Crippen molar-refractivity contribution in [1.29, 1.82) is 0 Å². The molecule has 3 aromatic rings. The predicted octanol–water partition coefficient (Wildman–Crippen LogP) is 2.75. The van der Waals surface area contributed by atoms with E-state index in [1.807, 2.05) is 24.3 Å². The molecule has 1 aliphatic rings. The number of hydrogen-bond donors (Lipinski definition) is 1. The molecule has 25 heavy (non-hydrogen) atoms. The van der Waals surface area contributed by atoms with E-state index in [0.717, 1.165) is 11.3 Å². The lowest BCUT2D eigenvalue weighted by Crippen LogP contribution is -2.33. The fourth-order valence-electron chi connectivity index (χ4n) is 2.91. The summed E-state index contributed by atoms with van der Waals surface area (Å²) < 4.78 is 5.82. The maximum atomic E-state index is 12.3. The minimum atomic E-state index is -0.272. The quantitative estimate of drug-likeness (QED) is 0.729. The first kappa shape index (κ1) is 15.1. The van der Waals surface area contributed by atoms with E-state index in [1.54, 1.807) is 36.8 Å². The number of hydrogen-bond acceptors (Lipinski definition) is 4. The van der Waals surface area contributed by atoms with Crippen molar-refractivity contribution < 1.29 is 14.3 Å². The Balaban J connectivity index is 1.46. The van der Waals surface area contributed by atoms with Gasteiger partial charge in [-0.1, -0.05) is 24.3 Å². The van der Waals surface area contributed by atoms with Gasteiger partial charge in [0.1, 0.15) is 12.4 Å². The highest BCUT2D eigenvalue weighted by Gasteiger charge is 2.34. The van der Waals surface area contributed by atoms with Crippen LogP contribution in [-0.4, -0.2) is 39.8 Å². The number of nitrogens with one attached hydrogen (secondary N) is 1. The third kappa shape index (κ3) is 2.67. The molecule has 2 amide bonds. The zero-order valence-corrected chi connectivity index (χ0v) is 13.3. The first-order valence-electron chi connectivity index (χ1n) is 7.91. The van der Waals surface area contributed by atoms with E-state index in [0.29, 0.717) is 16.9 Å². The molecule has 4 rings (SSSR count). The molecule has 0 fully saturated rings. The van der Waals surface area contributed by atoms with Crippen LogP contribution in [0.1, 0.15) is 20.7 Å². The summed E-state index contributed by atoms with van der Waals surface area (Å²) in [6, 6.07) is 14.4. The Morgan fingerprint density at radius 2 is 1.56 bits per heavy atom. The third-order valence-electron chi connectivity index (χ3n) is 4.13. The molecule has 0 spiro atoms. The molecule has 0 radical (unpaired) electrons. The van der Waals surface area contributed by atoms with E-state index >= 15 is 0 Å². The number of aromatic amines is 1. The smallest absolute Gasteiger partial charge is 0.261 e. The monoisotopic (exact) mass is 333 g/mol. The number of fused-ring (bicyclic) bond motifs is 1. The Morgan fingerprint density at radius 3 is 2.20 bits per heavy atom. The van der Waals surface area contributed by atoms with Gasteiger partial charge in [-0.25, -0.2) is 4.98 Å². The van der Waals surface area contributed by atoms with E-state index in [1.165, 1.54) is 4.90 Å². The molecule has 124 valence electrons. The van der Waals surface area contributed by atoms with Crippen molar-refractivity contribution in [2.75, 3.05) is 13.2 Å². The van der Waals surface area contributed by atoms with Gasteiger partial charge < -0.3 is 9.72 Å². The zero-order chi connectivity index (χ0) is 17.2. The Kier molecular flexibility index (Phi) is 3.78. The van der Waals surface area contributed by atoms with Crippen LogP contribution < -0.4 is 4.74 Å². The lowest BCUT2D eigenvalue weighted by atomic mass is 10.1. The van der Waals surface area contributed by atoms with Crippen LogP contribution in [-0.2, 0) is 0 Å². The zero-order valence-electron chi connectivity index (χ0n) is 13.3. The standard InChI is InChI=1S/C19H15N3O3/c23-18-13-5-1-2-6-14(13)19(24)22(18)9-10-25-17-8-4-3-7-15(17)16-11-20-12-21-16/h1-8,11-12H,9-10H2,(H,20,21). The minimum Gasteiger partial charge on any atom is -0.491 e. The lowest BCUT2D eigenvalue weighted by molar-refractivity contribution is 0.0631. The Hall–Kier alpha value is -3.41. The number of nitrogens with zero attached hydrogens (tertiary/aromatic N) is 2. The van der Waals surface area contributed by atoms with Crippen LogP contribution >= 0.6 is 0 Å². The Morgan fingerprint density at radius 1 is 0.920 bits per heavy atom. The summed E-state index contributed by atoms with van der Waals surface area (Å²) in [5.74, 6) is 0.125. The van der Waals surface area contributed by atoms with E-state index in [2.05, 4.69) is 9.97 Å². The molecule has 1 N–H and O–H groups in total. The highest BCUT2D eigenvalue weighted by atomic mass is 16.5. The molecule has 0 saturated carbocycles. The number of para-hydroxylation sites is 1. The van der Waals surface area contributed by atoms with Crippen LogP contribution in [0.4, 0.5) is 0 Å². The fraction of sp³-hybridized carbons (Fsp3) is 0.105. The summed E-state index contributed by atoms with van der Waals surface area (Å²) in [7, 11) is 0. The molecule has 6 nitrogen and oxygen atoms in total. The van der Waals surface area contributed by atoms with Gasteiger partial charge in [0.05, 0.1) is 35.9 Å². The summed E-state index contributed by atoms with van der Waals surface area (Å²) in [6.45, 7) is 0.417. The number of imidazole rings is 1. The Labute approximate surface area is 144 Å². The van der Waals surface area contributed by atoms with Gasteiger partial charge in [-0.15, -0.1) is 0 Å². The van der Waals surface area contributed by atoms with Crippen LogP contribution in [0.3, 0.4) is 0 Å². The number of imide groups is 1. The number of amides is 2. The van der Waals surface area contributed by atoms with Crippen molar-refractivity contribution in [3.63, 3.8) is 0 Å². The van der Waals surface area contributed by atoms with Crippen molar-refractivity contribution >= 4 is 11.8 Å². The van der Waals surface area contributed by atoms with Crippen molar-refractivity contribution in [1.82, 2.24) is 14.9 Å². The van der Waals surface area contributed by atoms with Gasteiger partial charge in [-0.3, -0.25) is 14.5 Å². The Bertz CT molecular complexity index is 900. The maximum Gasteiger partial charge on any atom is 0.261 e. The highest BCUT2D eigenvalue weighted by Crippen LogP contribution is 2.28. The van der Waals surface area contributed by atoms with E-state index in [9.17, 15) is 9.59 Å². The summed E-state index contributed by atoms with van der Waals surface area (Å²) in [5, 5.41) is 0. The summed E-state index contributed by atoms with van der Waals surface area (Å²) >= 11 is 0. The number of ether oxygens (including phenoxy) is 1. The van der Waals surface area contributed by atoms with Gasteiger partial charge in [-0.05, 0) is 24.3 Å². The SMILES string of the molecule is O=C1c2ccccc2C(=O)N1CCOc1ccccc1-c1cnc[nH]1. The normalized spacial score (nSPS) is 13.2. The number of carbonyl (C=O) groups is 2. The molecule has 0 bridgehead atoms. The highest BCUT2D eigenvalue weighted by molar-refractivity contribution is 6.21. The molecule has 0 saturated heterocycles. The van der Waals surface area contributed by atoms with Gasteiger partial charge >= 0.3 is 0 Å². The summed E-state index contributed by atoms with van der Waals surface area (Å²) in [6.07, 6.45) is 3.32. The van der Waals surface area contributed by atoms with Crippen LogP contribution in [0.2, 0.25) is 0 Å². The van der Waals surface area contributed by atoms with Crippen molar-refractivity contribution in [2.45, 2.75) is 0 Å². The lowest BCUT2D eigenvalue weighted by Gasteiger charge is -2.15. The van der Waals surface area contributed by atoms with Crippen molar-refractivity contribution in [3.05, 3.63) is 72.2 Å². The molecule has 6 heteroatoms. The van der Waals surface area contributed by atoms with Gasteiger partial charge in [0.25, 0.3) is 11.8 Å². The second kappa shape index (κ2) is 6.24. The number of carbonyl (C=O) groups excluding carboxylic acids is 2. The largest absolute Gasteiger partial charge is 0.491 e. The average Bonchev–Trinajstić information content (AvgIpc) is 3.26. The van der Waals surface area contributed by atoms with Crippen LogP contribution in [0.5, 0.6) is 5.75 Å². The van der Waals surface area contributed by atoms with E-state index in [4.69, 9.17) is 4.74 Å². The number of H-pyrrole nitrogens is 1. The van der Waals surface area contributed by atoms with E-state index in [-0.39, 0.29) is 25.0 Å². The minimum absolute atomic E-state index is 0.198.